The number of nitrogens with two attached hydrogens (primary N) is 1. The molecule has 7 heteroatoms. The normalized spacial score (nSPS) is 10.7. The van der Waals surface area contributed by atoms with E-state index in [1.54, 1.807) is 6.92 Å². The van der Waals surface area contributed by atoms with E-state index in [4.69, 9.17) is 10.5 Å². The molecule has 0 aromatic carbocycles. The number of carbonyl (C=O) groups is 1. The molecule has 0 saturated heterocycles. The summed E-state index contributed by atoms with van der Waals surface area (Å²) in [5.41, 5.74) is 5.68. The second kappa shape index (κ2) is 6.63. The Hall–Kier alpha value is -1.24. The van der Waals surface area contributed by atoms with Crippen molar-refractivity contribution in [2.45, 2.75) is 25.1 Å². The summed E-state index contributed by atoms with van der Waals surface area (Å²) in [6.45, 7) is 1.83. The Morgan fingerprint density at radius 2 is 2.28 bits per heavy atom. The average molecular weight is 323 g/mol. The molecule has 0 aliphatic heterocycles. The number of nitrogens with zero attached hydrogens (tertiary/aromatic N) is 1. The summed E-state index contributed by atoms with van der Waals surface area (Å²) in [6, 6.07) is 0. The summed E-state index contributed by atoms with van der Waals surface area (Å²) < 4.78 is 30.8. The minimum absolute atomic E-state index is 0.0420. The lowest BCUT2D eigenvalue weighted by atomic mass is 10.0. The monoisotopic (exact) mass is 322 g/mol. The van der Waals surface area contributed by atoms with Crippen LogP contribution < -0.4 is 5.73 Å². The molecule has 4 nitrogen and oxygen atoms in total. The molecule has 0 fully saturated rings. The molecule has 0 bridgehead atoms. The van der Waals surface area contributed by atoms with Crippen molar-refractivity contribution in [3.63, 3.8) is 0 Å². The number of alkyl halides is 3. The molecule has 0 atom stereocenters. The highest BCUT2D eigenvalue weighted by molar-refractivity contribution is 9.08. The molecule has 1 aromatic heterocycles. The average Bonchev–Trinajstić information content (AvgIpc) is 2.31. The van der Waals surface area contributed by atoms with Crippen LogP contribution in [0.15, 0.2) is 6.20 Å². The second-order valence-electron chi connectivity index (χ2n) is 3.48. The highest BCUT2D eigenvalue weighted by Crippen LogP contribution is 2.31. The number of carbonyl (C=O) groups excluding carboxylic acids is 1. The molecule has 1 aromatic rings. The van der Waals surface area contributed by atoms with E-state index < -0.39 is 12.4 Å². The Morgan fingerprint density at radius 3 is 2.78 bits per heavy atom. The summed E-state index contributed by atoms with van der Waals surface area (Å²) in [7, 11) is 0. The van der Waals surface area contributed by atoms with E-state index >= 15 is 0 Å². The van der Waals surface area contributed by atoms with E-state index in [0.29, 0.717) is 5.56 Å². The van der Waals surface area contributed by atoms with E-state index in [1.165, 1.54) is 6.20 Å². The van der Waals surface area contributed by atoms with Gasteiger partial charge in [-0.25, -0.2) is 13.8 Å². The minimum Gasteiger partial charge on any atom is -0.466 e. The van der Waals surface area contributed by atoms with E-state index in [1.807, 2.05) is 0 Å². The van der Waals surface area contributed by atoms with Crippen LogP contribution in [-0.2, 0) is 21.3 Å². The fourth-order valence-electron chi connectivity index (χ4n) is 1.55. The van der Waals surface area contributed by atoms with Gasteiger partial charge in [-0.15, -0.1) is 0 Å². The van der Waals surface area contributed by atoms with Crippen LogP contribution in [0.4, 0.5) is 14.6 Å². The summed E-state index contributed by atoms with van der Waals surface area (Å²) in [6.07, 6.45) is -1.74. The zero-order valence-corrected chi connectivity index (χ0v) is 11.3. The molecule has 0 spiro atoms. The molecule has 18 heavy (non-hydrogen) atoms. The van der Waals surface area contributed by atoms with Gasteiger partial charge in [-0.2, -0.15) is 0 Å². The van der Waals surface area contributed by atoms with E-state index in [9.17, 15) is 13.6 Å². The lowest BCUT2D eigenvalue weighted by Gasteiger charge is -2.14. The number of pyridine rings is 1. The van der Waals surface area contributed by atoms with Crippen LogP contribution in [0.3, 0.4) is 0 Å². The largest absolute Gasteiger partial charge is 0.466 e. The number of rotatable bonds is 5. The van der Waals surface area contributed by atoms with Gasteiger partial charge in [-0.1, -0.05) is 15.9 Å². The van der Waals surface area contributed by atoms with E-state index in [-0.39, 0.29) is 35.3 Å². The van der Waals surface area contributed by atoms with Crippen molar-refractivity contribution in [3.05, 3.63) is 22.9 Å². The number of hydrogen-bond donors (Lipinski definition) is 1. The lowest BCUT2D eigenvalue weighted by Crippen LogP contribution is -2.14. The maximum Gasteiger partial charge on any atom is 0.310 e. The first-order valence-electron chi connectivity index (χ1n) is 5.27. The van der Waals surface area contributed by atoms with E-state index in [0.717, 1.165) is 0 Å². The third-order valence-corrected chi connectivity index (χ3v) is 2.93. The highest BCUT2D eigenvalue weighted by atomic mass is 79.9. The maximum absolute atomic E-state index is 13.0. The van der Waals surface area contributed by atoms with Crippen LogP contribution in [0.1, 0.15) is 30.0 Å². The van der Waals surface area contributed by atoms with Crippen LogP contribution in [0, 0.1) is 0 Å². The molecular weight excluding hydrogens is 310 g/mol. The number of aromatic nitrogens is 1. The van der Waals surface area contributed by atoms with Gasteiger partial charge in [0, 0.05) is 22.7 Å². The van der Waals surface area contributed by atoms with Gasteiger partial charge >= 0.3 is 5.97 Å². The van der Waals surface area contributed by atoms with Crippen LogP contribution in [0.5, 0.6) is 0 Å². The molecule has 2 N–H and O–H groups in total. The SMILES string of the molecule is CCOC(=O)Cc1c(N)ncc(CBr)c1C(F)F. The van der Waals surface area contributed by atoms with Gasteiger partial charge in [0.1, 0.15) is 5.82 Å². The second-order valence-corrected chi connectivity index (χ2v) is 4.04. The van der Waals surface area contributed by atoms with Crippen molar-refractivity contribution < 1.29 is 18.3 Å². The van der Waals surface area contributed by atoms with Crippen LogP contribution in [0.2, 0.25) is 0 Å². The van der Waals surface area contributed by atoms with Crippen LogP contribution in [-0.4, -0.2) is 17.6 Å². The molecule has 0 aliphatic rings. The number of ether oxygens (including phenoxy) is 1. The minimum atomic E-state index is -2.72. The summed E-state index contributed by atoms with van der Waals surface area (Å²) in [5, 5.41) is 0.218. The Balaban J connectivity index is 3.18. The number of hydrogen-bond acceptors (Lipinski definition) is 4. The quantitative estimate of drug-likeness (QED) is 0.668. The number of nitrogen functional groups attached to an aromatic ring is 1. The zero-order chi connectivity index (χ0) is 13.7. The molecule has 0 amide bonds. The van der Waals surface area contributed by atoms with Gasteiger partial charge < -0.3 is 10.5 Å². The van der Waals surface area contributed by atoms with Gasteiger partial charge in [0.2, 0.25) is 0 Å². The van der Waals surface area contributed by atoms with Gasteiger partial charge in [-0.3, -0.25) is 4.79 Å². The van der Waals surface area contributed by atoms with Crippen molar-refractivity contribution in [1.82, 2.24) is 4.98 Å². The van der Waals surface area contributed by atoms with Gasteiger partial charge in [0.25, 0.3) is 6.43 Å². The van der Waals surface area contributed by atoms with Crippen molar-refractivity contribution in [3.8, 4) is 0 Å². The predicted octanol–water partition coefficient (Wildman–Crippen LogP) is 2.60. The first-order chi connectivity index (χ1) is 8.51. The smallest absolute Gasteiger partial charge is 0.310 e. The van der Waals surface area contributed by atoms with Crippen molar-refractivity contribution in [1.29, 1.82) is 0 Å². The molecule has 0 radical (unpaired) electrons. The maximum atomic E-state index is 13.0. The summed E-state index contributed by atoms with van der Waals surface area (Å²) in [5.74, 6) is -0.664. The standard InChI is InChI=1S/C11H13BrF2N2O2/c1-2-18-8(17)3-7-9(10(13)14)6(4-12)5-16-11(7)15/h5,10H,2-4H2,1H3,(H2,15,16). The van der Waals surface area contributed by atoms with Crippen molar-refractivity contribution in [2.24, 2.45) is 0 Å². The van der Waals surface area contributed by atoms with Gasteiger partial charge in [-0.05, 0) is 12.5 Å². The van der Waals surface area contributed by atoms with Crippen LogP contribution in [0.25, 0.3) is 0 Å². The molecule has 0 saturated carbocycles. The fraction of sp³-hybridized carbons (Fsp3) is 0.455. The van der Waals surface area contributed by atoms with Gasteiger partial charge in [0.05, 0.1) is 13.0 Å². The molecule has 0 aliphatic carbocycles. The Kier molecular flexibility index (Phi) is 5.46. The molecule has 0 unspecified atom stereocenters. The topological polar surface area (TPSA) is 65.2 Å². The molecular formula is C11H13BrF2N2O2. The molecule has 1 heterocycles. The number of halogens is 3. The summed E-state index contributed by atoms with van der Waals surface area (Å²) >= 11 is 3.10. The third kappa shape index (κ3) is 3.38. The summed E-state index contributed by atoms with van der Waals surface area (Å²) in [4.78, 5) is 15.2. The predicted molar refractivity (Wildman–Crippen MR) is 66.6 cm³/mol. The molecule has 100 valence electrons. The zero-order valence-electron chi connectivity index (χ0n) is 9.75. The highest BCUT2D eigenvalue weighted by Gasteiger charge is 2.22. The first kappa shape index (κ1) is 14.8. The van der Waals surface area contributed by atoms with E-state index in [2.05, 4.69) is 20.9 Å². The van der Waals surface area contributed by atoms with Gasteiger partial charge in [0.15, 0.2) is 0 Å². The Morgan fingerprint density at radius 1 is 1.61 bits per heavy atom. The van der Waals surface area contributed by atoms with Crippen molar-refractivity contribution in [2.75, 3.05) is 12.3 Å². The first-order valence-corrected chi connectivity index (χ1v) is 6.39. The van der Waals surface area contributed by atoms with Crippen LogP contribution >= 0.6 is 15.9 Å². The number of esters is 1. The van der Waals surface area contributed by atoms with Crippen molar-refractivity contribution >= 4 is 27.7 Å². The number of anilines is 1. The fourth-order valence-corrected chi connectivity index (χ4v) is 1.99. The lowest BCUT2D eigenvalue weighted by molar-refractivity contribution is -0.142. The molecule has 1 rings (SSSR count). The third-order valence-electron chi connectivity index (χ3n) is 2.33. The Labute approximate surface area is 112 Å². The Bertz CT molecular complexity index is 441.